The van der Waals surface area contributed by atoms with Gasteiger partial charge in [0.05, 0.1) is 5.70 Å². The van der Waals surface area contributed by atoms with Gasteiger partial charge in [-0.3, -0.25) is 5.43 Å². The molecule has 1 aromatic heterocycles. The number of nitrogens with zero attached hydrogens (tertiary/aromatic N) is 4. The first-order valence-corrected chi connectivity index (χ1v) is 7.09. The van der Waals surface area contributed by atoms with Crippen molar-refractivity contribution in [3.05, 3.63) is 72.1 Å². The Morgan fingerprint density at radius 1 is 0.870 bits per heavy atom. The third kappa shape index (κ3) is 2.50. The van der Waals surface area contributed by atoms with E-state index in [1.807, 2.05) is 36.4 Å². The fraction of sp³-hybridized carbons (Fsp3) is 0. The lowest BCUT2D eigenvalue weighted by atomic mass is 10.1. The van der Waals surface area contributed by atoms with Gasteiger partial charge >= 0.3 is 0 Å². The Balaban J connectivity index is 1.76. The number of aliphatic imine (C=N–C) groups is 1. The van der Waals surface area contributed by atoms with Crippen molar-refractivity contribution >= 4 is 17.9 Å². The molecule has 23 heavy (non-hydrogen) atoms. The standard InChI is InChI=1S/C17H12FN5/c18-14-8-6-12(7-9-14)15-10-11-19-17-21-20-16(23(17)22-15)13-4-2-1-3-5-13/h1-11,22H. The molecule has 0 bridgehead atoms. The summed E-state index contributed by atoms with van der Waals surface area (Å²) in [6.45, 7) is 0. The number of nitrogens with one attached hydrogen (secondary N) is 1. The first kappa shape index (κ1) is 13.4. The molecule has 4 rings (SSSR count). The van der Waals surface area contributed by atoms with Crippen LogP contribution in [-0.2, 0) is 0 Å². The SMILES string of the molecule is Fc1ccc(C2=CC=Nc3nnc(-c4ccccc4)n3N2)cc1. The monoisotopic (exact) mass is 305 g/mol. The van der Waals surface area contributed by atoms with Gasteiger partial charge in [-0.15, -0.1) is 10.2 Å². The molecule has 0 fully saturated rings. The molecule has 0 aliphatic carbocycles. The number of rotatable bonds is 2. The van der Waals surface area contributed by atoms with E-state index in [0.29, 0.717) is 11.8 Å². The summed E-state index contributed by atoms with van der Waals surface area (Å²) >= 11 is 0. The van der Waals surface area contributed by atoms with Crippen LogP contribution in [-0.4, -0.2) is 21.1 Å². The number of aromatic nitrogens is 3. The number of fused-ring (bicyclic) bond motifs is 1. The molecule has 0 atom stereocenters. The number of hydrogen-bond donors (Lipinski definition) is 1. The van der Waals surface area contributed by atoms with Gasteiger partial charge in [0.1, 0.15) is 5.82 Å². The van der Waals surface area contributed by atoms with Gasteiger partial charge in [0.2, 0.25) is 0 Å². The maximum Gasteiger partial charge on any atom is 0.270 e. The Morgan fingerprint density at radius 3 is 2.43 bits per heavy atom. The molecule has 6 heteroatoms. The molecule has 0 saturated heterocycles. The Bertz CT molecular complexity index is 894. The van der Waals surface area contributed by atoms with Crippen LogP contribution in [0.4, 0.5) is 10.3 Å². The average molecular weight is 305 g/mol. The molecule has 2 heterocycles. The van der Waals surface area contributed by atoms with E-state index in [4.69, 9.17) is 0 Å². The molecule has 1 aliphatic heterocycles. The Morgan fingerprint density at radius 2 is 1.65 bits per heavy atom. The van der Waals surface area contributed by atoms with Gasteiger partial charge in [-0.05, 0) is 35.9 Å². The quantitative estimate of drug-likeness (QED) is 0.789. The van der Waals surface area contributed by atoms with Crippen molar-refractivity contribution in [1.82, 2.24) is 14.9 Å². The van der Waals surface area contributed by atoms with E-state index in [1.165, 1.54) is 12.1 Å². The van der Waals surface area contributed by atoms with Crippen molar-refractivity contribution in [2.45, 2.75) is 0 Å². The Labute approximate surface area is 131 Å². The molecule has 5 nitrogen and oxygen atoms in total. The zero-order valence-corrected chi connectivity index (χ0v) is 12.0. The number of halogens is 1. The normalized spacial score (nSPS) is 13.0. The summed E-state index contributed by atoms with van der Waals surface area (Å²) in [5.41, 5.74) is 5.80. The van der Waals surface area contributed by atoms with Crippen LogP contribution < -0.4 is 5.43 Å². The summed E-state index contributed by atoms with van der Waals surface area (Å²) in [5.74, 6) is 0.844. The molecule has 1 N–H and O–H groups in total. The molecular weight excluding hydrogens is 293 g/mol. The van der Waals surface area contributed by atoms with E-state index in [1.54, 1.807) is 23.0 Å². The van der Waals surface area contributed by atoms with Crippen molar-refractivity contribution in [2.75, 3.05) is 5.43 Å². The van der Waals surface area contributed by atoms with Crippen LogP contribution in [0.1, 0.15) is 5.56 Å². The van der Waals surface area contributed by atoms with Crippen LogP contribution in [0.5, 0.6) is 0 Å². The fourth-order valence-electron chi connectivity index (χ4n) is 2.36. The molecule has 0 saturated carbocycles. The highest BCUT2D eigenvalue weighted by atomic mass is 19.1. The van der Waals surface area contributed by atoms with Gasteiger partial charge in [0, 0.05) is 11.8 Å². The van der Waals surface area contributed by atoms with Crippen molar-refractivity contribution < 1.29 is 4.39 Å². The molecule has 0 radical (unpaired) electrons. The zero-order chi connectivity index (χ0) is 15.6. The average Bonchev–Trinajstić information content (AvgIpc) is 2.86. The fourth-order valence-corrected chi connectivity index (χ4v) is 2.36. The van der Waals surface area contributed by atoms with E-state index < -0.39 is 0 Å². The molecule has 0 unspecified atom stereocenters. The van der Waals surface area contributed by atoms with Gasteiger partial charge in [-0.2, -0.15) is 4.68 Å². The second-order valence-corrected chi connectivity index (χ2v) is 5.00. The van der Waals surface area contributed by atoms with Crippen LogP contribution >= 0.6 is 0 Å². The second kappa shape index (κ2) is 5.49. The highest BCUT2D eigenvalue weighted by Gasteiger charge is 2.16. The number of benzene rings is 2. The topological polar surface area (TPSA) is 55.1 Å². The predicted molar refractivity (Wildman–Crippen MR) is 87.3 cm³/mol. The molecule has 3 aromatic rings. The molecule has 1 aliphatic rings. The third-order valence-electron chi connectivity index (χ3n) is 3.50. The number of allylic oxidation sites excluding steroid dienone is 1. The summed E-state index contributed by atoms with van der Waals surface area (Å²) in [6.07, 6.45) is 3.46. The Kier molecular flexibility index (Phi) is 3.20. The van der Waals surface area contributed by atoms with Crippen LogP contribution in [0.15, 0.2) is 65.7 Å². The van der Waals surface area contributed by atoms with Crippen molar-refractivity contribution in [1.29, 1.82) is 0 Å². The lowest BCUT2D eigenvalue weighted by Crippen LogP contribution is -2.14. The largest absolute Gasteiger partial charge is 0.289 e. The van der Waals surface area contributed by atoms with Crippen molar-refractivity contribution in [3.8, 4) is 11.4 Å². The summed E-state index contributed by atoms with van der Waals surface area (Å²) in [4.78, 5) is 4.28. The van der Waals surface area contributed by atoms with Crippen LogP contribution in [0.3, 0.4) is 0 Å². The molecule has 0 spiro atoms. The summed E-state index contributed by atoms with van der Waals surface area (Å²) in [5, 5.41) is 8.30. The molecule has 2 aromatic carbocycles. The summed E-state index contributed by atoms with van der Waals surface area (Å²) in [7, 11) is 0. The highest BCUT2D eigenvalue weighted by Crippen LogP contribution is 2.24. The van der Waals surface area contributed by atoms with Gasteiger partial charge in [0.25, 0.3) is 5.95 Å². The van der Waals surface area contributed by atoms with Crippen LogP contribution in [0.2, 0.25) is 0 Å². The first-order valence-electron chi connectivity index (χ1n) is 7.09. The van der Waals surface area contributed by atoms with Gasteiger partial charge in [-0.1, -0.05) is 30.3 Å². The predicted octanol–water partition coefficient (Wildman–Crippen LogP) is 3.38. The summed E-state index contributed by atoms with van der Waals surface area (Å²) in [6, 6.07) is 16.0. The van der Waals surface area contributed by atoms with Gasteiger partial charge in [-0.25, -0.2) is 9.38 Å². The van der Waals surface area contributed by atoms with E-state index in [-0.39, 0.29) is 5.82 Å². The van der Waals surface area contributed by atoms with Gasteiger partial charge in [0.15, 0.2) is 5.82 Å². The zero-order valence-electron chi connectivity index (χ0n) is 12.0. The van der Waals surface area contributed by atoms with Crippen LogP contribution in [0.25, 0.3) is 17.1 Å². The highest BCUT2D eigenvalue weighted by molar-refractivity contribution is 5.88. The molecule has 0 amide bonds. The lowest BCUT2D eigenvalue weighted by molar-refractivity contribution is 0.627. The third-order valence-corrected chi connectivity index (χ3v) is 3.50. The minimum atomic E-state index is -0.272. The Hall–Kier alpha value is -3.28. The smallest absolute Gasteiger partial charge is 0.270 e. The van der Waals surface area contributed by atoms with Crippen molar-refractivity contribution in [3.63, 3.8) is 0 Å². The van der Waals surface area contributed by atoms with E-state index >= 15 is 0 Å². The molecular formula is C17H12FN5. The molecule has 112 valence electrons. The maximum absolute atomic E-state index is 13.1. The summed E-state index contributed by atoms with van der Waals surface area (Å²) < 4.78 is 14.8. The van der Waals surface area contributed by atoms with Crippen LogP contribution in [0, 0.1) is 5.82 Å². The number of hydrogen-bond acceptors (Lipinski definition) is 4. The van der Waals surface area contributed by atoms with Gasteiger partial charge < -0.3 is 0 Å². The second-order valence-electron chi connectivity index (χ2n) is 5.00. The minimum absolute atomic E-state index is 0.272. The van der Waals surface area contributed by atoms with Crippen molar-refractivity contribution in [2.24, 2.45) is 4.99 Å². The van der Waals surface area contributed by atoms with E-state index in [9.17, 15) is 4.39 Å². The first-order chi connectivity index (χ1) is 11.3. The maximum atomic E-state index is 13.1. The lowest BCUT2D eigenvalue weighted by Gasteiger charge is -2.13. The van der Waals surface area contributed by atoms with E-state index in [0.717, 1.165) is 16.8 Å². The van der Waals surface area contributed by atoms with E-state index in [2.05, 4.69) is 20.6 Å². The minimum Gasteiger partial charge on any atom is -0.289 e.